The Morgan fingerprint density at radius 2 is 1.67 bits per heavy atom. The largest absolute Gasteiger partial charge is 0.309 e. The average Bonchev–Trinajstić information content (AvgIpc) is 2.36. The van der Waals surface area contributed by atoms with E-state index in [1.165, 1.54) is 0 Å². The molecule has 0 spiro atoms. The lowest BCUT2D eigenvalue weighted by Gasteiger charge is -2.20. The number of benzene rings is 2. The maximum atomic E-state index is 6.27. The third-order valence-corrected chi connectivity index (χ3v) is 3.96. The van der Waals surface area contributed by atoms with Gasteiger partial charge in [0.15, 0.2) is 0 Å². The lowest BCUT2D eigenvalue weighted by Crippen LogP contribution is -2.18. The van der Waals surface area contributed by atoms with Crippen molar-refractivity contribution in [3.05, 3.63) is 68.1 Å². The fourth-order valence-electron chi connectivity index (χ4n) is 1.92. The van der Waals surface area contributed by atoms with Crippen molar-refractivity contribution >= 4 is 39.1 Å². The first-order valence-corrected chi connectivity index (χ1v) is 7.05. The lowest BCUT2D eigenvalue weighted by atomic mass is 9.99. The van der Waals surface area contributed by atoms with Crippen molar-refractivity contribution in [2.45, 2.75) is 6.04 Å². The Labute approximate surface area is 125 Å². The second kappa shape index (κ2) is 6.07. The summed E-state index contributed by atoms with van der Waals surface area (Å²) < 4.78 is 0.995. The summed E-state index contributed by atoms with van der Waals surface area (Å²) in [6.07, 6.45) is 0. The van der Waals surface area contributed by atoms with Crippen molar-refractivity contribution in [3.63, 3.8) is 0 Å². The molecule has 2 aromatic carbocycles. The first kappa shape index (κ1) is 13.9. The van der Waals surface area contributed by atoms with Gasteiger partial charge in [-0.25, -0.2) is 0 Å². The van der Waals surface area contributed by atoms with Crippen LogP contribution in [0.15, 0.2) is 46.9 Å². The lowest BCUT2D eigenvalue weighted by molar-refractivity contribution is 0.692. The highest BCUT2D eigenvalue weighted by molar-refractivity contribution is 9.10. The van der Waals surface area contributed by atoms with E-state index in [2.05, 4.69) is 21.2 Å². The van der Waals surface area contributed by atoms with Crippen molar-refractivity contribution in [1.29, 1.82) is 0 Å². The molecule has 4 heteroatoms. The molecule has 0 saturated heterocycles. The summed E-state index contributed by atoms with van der Waals surface area (Å²) in [4.78, 5) is 0. The van der Waals surface area contributed by atoms with Crippen LogP contribution in [0.5, 0.6) is 0 Å². The highest BCUT2D eigenvalue weighted by Gasteiger charge is 2.17. The minimum absolute atomic E-state index is 0.0244. The van der Waals surface area contributed by atoms with Gasteiger partial charge in [0.1, 0.15) is 0 Å². The zero-order valence-corrected chi connectivity index (χ0v) is 12.9. The number of nitrogens with one attached hydrogen (secondary N) is 1. The van der Waals surface area contributed by atoms with Crippen molar-refractivity contribution in [2.24, 2.45) is 0 Å². The van der Waals surface area contributed by atoms with Crippen molar-refractivity contribution in [1.82, 2.24) is 5.32 Å². The molecule has 0 fully saturated rings. The predicted molar refractivity (Wildman–Crippen MR) is 81.5 cm³/mol. The SMILES string of the molecule is CNC(c1ccccc1Cl)c1cc(Br)ccc1Cl. The molecule has 0 aliphatic heterocycles. The van der Waals surface area contributed by atoms with E-state index in [0.29, 0.717) is 0 Å². The highest BCUT2D eigenvalue weighted by atomic mass is 79.9. The van der Waals surface area contributed by atoms with E-state index in [1.807, 2.05) is 49.5 Å². The predicted octanol–water partition coefficient (Wildman–Crippen LogP) is 5.06. The molecule has 1 nitrogen and oxygen atoms in total. The summed E-state index contributed by atoms with van der Waals surface area (Å²) in [5.41, 5.74) is 2.02. The van der Waals surface area contributed by atoms with Gasteiger partial charge in [-0.2, -0.15) is 0 Å². The molecule has 0 radical (unpaired) electrons. The fraction of sp³-hybridized carbons (Fsp3) is 0.143. The van der Waals surface area contributed by atoms with Crippen molar-refractivity contribution in [2.75, 3.05) is 7.05 Å². The molecule has 0 aliphatic rings. The van der Waals surface area contributed by atoms with E-state index < -0.39 is 0 Å². The van der Waals surface area contributed by atoms with Crippen LogP contribution in [0.2, 0.25) is 10.0 Å². The van der Waals surface area contributed by atoms with E-state index in [0.717, 1.165) is 25.6 Å². The summed E-state index contributed by atoms with van der Waals surface area (Å²) in [7, 11) is 1.89. The molecule has 2 rings (SSSR count). The van der Waals surface area contributed by atoms with Crippen LogP contribution in [0, 0.1) is 0 Å². The molecule has 0 aromatic heterocycles. The number of halogens is 3. The number of rotatable bonds is 3. The van der Waals surface area contributed by atoms with Gasteiger partial charge in [0, 0.05) is 14.5 Å². The first-order valence-electron chi connectivity index (χ1n) is 5.50. The van der Waals surface area contributed by atoms with Crippen molar-refractivity contribution < 1.29 is 0 Å². The van der Waals surface area contributed by atoms with E-state index in [1.54, 1.807) is 0 Å². The molecule has 1 unspecified atom stereocenters. The van der Waals surface area contributed by atoms with Crippen LogP contribution in [-0.4, -0.2) is 7.05 Å². The smallest absolute Gasteiger partial charge is 0.0604 e. The van der Waals surface area contributed by atoms with Crippen LogP contribution in [0.4, 0.5) is 0 Å². The molecule has 0 aliphatic carbocycles. The van der Waals surface area contributed by atoms with Gasteiger partial charge in [-0.05, 0) is 42.4 Å². The molecular formula is C14H12BrCl2N. The van der Waals surface area contributed by atoms with E-state index in [-0.39, 0.29) is 6.04 Å². The molecule has 1 N–H and O–H groups in total. The summed E-state index contributed by atoms with van der Waals surface area (Å²) in [6, 6.07) is 13.6. The Morgan fingerprint density at radius 1 is 1.00 bits per heavy atom. The monoisotopic (exact) mass is 343 g/mol. The fourth-order valence-corrected chi connectivity index (χ4v) is 2.77. The Hall–Kier alpha value is -0.540. The van der Waals surface area contributed by atoms with Crippen molar-refractivity contribution in [3.8, 4) is 0 Å². The van der Waals surface area contributed by atoms with Crippen LogP contribution in [0.3, 0.4) is 0 Å². The van der Waals surface area contributed by atoms with Gasteiger partial charge < -0.3 is 5.32 Å². The summed E-state index contributed by atoms with van der Waals surface area (Å²) in [6.45, 7) is 0. The van der Waals surface area contributed by atoms with Crippen LogP contribution < -0.4 is 5.32 Å². The topological polar surface area (TPSA) is 12.0 Å². The van der Waals surface area contributed by atoms with Gasteiger partial charge in [-0.15, -0.1) is 0 Å². The normalized spacial score (nSPS) is 12.4. The quantitative estimate of drug-likeness (QED) is 0.820. The Morgan fingerprint density at radius 3 is 2.33 bits per heavy atom. The maximum Gasteiger partial charge on any atom is 0.0604 e. The molecule has 0 heterocycles. The summed E-state index contributed by atoms with van der Waals surface area (Å²) in [5.74, 6) is 0. The number of hydrogen-bond donors (Lipinski definition) is 1. The molecule has 0 amide bonds. The zero-order chi connectivity index (χ0) is 13.1. The van der Waals surface area contributed by atoms with Crippen LogP contribution in [0.25, 0.3) is 0 Å². The van der Waals surface area contributed by atoms with Gasteiger partial charge in [0.25, 0.3) is 0 Å². The molecule has 0 saturated carbocycles. The van der Waals surface area contributed by atoms with Gasteiger partial charge >= 0.3 is 0 Å². The van der Waals surface area contributed by atoms with Gasteiger partial charge in [-0.3, -0.25) is 0 Å². The van der Waals surface area contributed by atoms with Crippen LogP contribution in [0.1, 0.15) is 17.2 Å². The van der Waals surface area contributed by atoms with E-state index >= 15 is 0 Å². The van der Waals surface area contributed by atoms with E-state index in [4.69, 9.17) is 23.2 Å². The minimum atomic E-state index is -0.0244. The van der Waals surface area contributed by atoms with Gasteiger partial charge in [-0.1, -0.05) is 57.3 Å². The Balaban J connectivity index is 2.52. The van der Waals surface area contributed by atoms with Crippen LogP contribution >= 0.6 is 39.1 Å². The first-order chi connectivity index (χ1) is 8.63. The minimum Gasteiger partial charge on any atom is -0.309 e. The summed E-state index contributed by atoms with van der Waals surface area (Å²) >= 11 is 16.0. The van der Waals surface area contributed by atoms with E-state index in [9.17, 15) is 0 Å². The molecular weight excluding hydrogens is 333 g/mol. The number of hydrogen-bond acceptors (Lipinski definition) is 1. The molecule has 1 atom stereocenters. The average molecular weight is 345 g/mol. The molecule has 94 valence electrons. The van der Waals surface area contributed by atoms with Gasteiger partial charge in [0.05, 0.1) is 6.04 Å². The molecule has 18 heavy (non-hydrogen) atoms. The second-order valence-electron chi connectivity index (χ2n) is 3.91. The Bertz CT molecular complexity index is 557. The third kappa shape index (κ3) is 2.89. The van der Waals surface area contributed by atoms with Crippen LogP contribution in [-0.2, 0) is 0 Å². The highest BCUT2D eigenvalue weighted by Crippen LogP contribution is 2.33. The molecule has 2 aromatic rings. The maximum absolute atomic E-state index is 6.27. The summed E-state index contributed by atoms with van der Waals surface area (Å²) in [5, 5.41) is 4.70. The molecule has 0 bridgehead atoms. The Kier molecular flexibility index (Phi) is 4.68. The van der Waals surface area contributed by atoms with Gasteiger partial charge in [0.2, 0.25) is 0 Å². The second-order valence-corrected chi connectivity index (χ2v) is 5.64. The standard InChI is InChI=1S/C14H12BrCl2N/c1-18-14(10-4-2-3-5-12(10)16)11-8-9(15)6-7-13(11)17/h2-8,14,18H,1H3. The zero-order valence-electron chi connectivity index (χ0n) is 9.75. The third-order valence-electron chi connectivity index (χ3n) is 2.77.